The van der Waals surface area contributed by atoms with Gasteiger partial charge >= 0.3 is 0 Å². The maximum absolute atomic E-state index is 5.96. The molecule has 0 radical (unpaired) electrons. The molecule has 1 saturated heterocycles. The Morgan fingerprint density at radius 1 is 1.00 bits per heavy atom. The predicted octanol–water partition coefficient (Wildman–Crippen LogP) is 3.43. The van der Waals surface area contributed by atoms with Gasteiger partial charge in [0.05, 0.1) is 18.9 Å². The van der Waals surface area contributed by atoms with Gasteiger partial charge in [0.2, 0.25) is 0 Å². The zero-order valence-corrected chi connectivity index (χ0v) is 17.8. The fourth-order valence-electron chi connectivity index (χ4n) is 3.89. The molecular weight excluding hydrogens is 376 g/mol. The van der Waals surface area contributed by atoms with Crippen molar-refractivity contribution in [3.05, 3.63) is 77.0 Å². The molecule has 1 N–H and O–H groups in total. The summed E-state index contributed by atoms with van der Waals surface area (Å²) in [5.41, 5.74) is 4.71. The molecule has 3 aromatic rings. The number of hydrogen-bond acceptors (Lipinski definition) is 5. The minimum absolute atomic E-state index is 0.579. The Morgan fingerprint density at radius 3 is 2.57 bits per heavy atom. The van der Waals surface area contributed by atoms with Gasteiger partial charge in [-0.25, -0.2) is 0 Å². The number of aromatic nitrogens is 2. The van der Waals surface area contributed by atoms with E-state index in [-0.39, 0.29) is 0 Å². The van der Waals surface area contributed by atoms with Crippen molar-refractivity contribution >= 4 is 5.82 Å². The Morgan fingerprint density at radius 2 is 1.77 bits per heavy atom. The van der Waals surface area contributed by atoms with Crippen LogP contribution in [0.1, 0.15) is 22.4 Å². The van der Waals surface area contributed by atoms with Gasteiger partial charge in [-0.2, -0.15) is 5.10 Å². The Bertz CT molecular complexity index is 949. The van der Waals surface area contributed by atoms with E-state index in [1.165, 1.54) is 22.5 Å². The molecule has 2 heterocycles. The molecule has 0 unspecified atom stereocenters. The highest BCUT2D eigenvalue weighted by Gasteiger charge is 2.21. The standard InChI is InChI=1S/C24H30N4O2/c1-19-23(24(27(2)26-19)28-11-13-29-14-12-28)17-25-16-21-9-6-10-22(15-21)30-18-20-7-4-3-5-8-20/h3-10,15,25H,11-14,16-18H2,1-2H3. The van der Waals surface area contributed by atoms with E-state index in [0.717, 1.165) is 50.8 Å². The molecule has 1 aliphatic rings. The number of nitrogens with zero attached hydrogens (tertiary/aromatic N) is 3. The fourth-order valence-corrected chi connectivity index (χ4v) is 3.89. The maximum atomic E-state index is 5.96. The van der Waals surface area contributed by atoms with Crippen LogP contribution in [0.5, 0.6) is 5.75 Å². The number of nitrogens with one attached hydrogen (secondary N) is 1. The average Bonchev–Trinajstić information content (AvgIpc) is 3.07. The third-order valence-electron chi connectivity index (χ3n) is 5.40. The summed E-state index contributed by atoms with van der Waals surface area (Å²) >= 11 is 0. The summed E-state index contributed by atoms with van der Waals surface area (Å²) in [6.45, 7) is 7.58. The van der Waals surface area contributed by atoms with Crippen LogP contribution in [0.4, 0.5) is 5.82 Å². The maximum Gasteiger partial charge on any atom is 0.131 e. The summed E-state index contributed by atoms with van der Waals surface area (Å²) in [5.74, 6) is 2.09. The summed E-state index contributed by atoms with van der Waals surface area (Å²) in [7, 11) is 2.02. The van der Waals surface area contributed by atoms with Crippen LogP contribution >= 0.6 is 0 Å². The molecule has 0 atom stereocenters. The van der Waals surface area contributed by atoms with Crippen molar-refractivity contribution in [1.29, 1.82) is 0 Å². The molecule has 0 amide bonds. The van der Waals surface area contributed by atoms with Gasteiger partial charge in [0.15, 0.2) is 0 Å². The molecule has 158 valence electrons. The monoisotopic (exact) mass is 406 g/mol. The van der Waals surface area contributed by atoms with Crippen molar-refractivity contribution in [1.82, 2.24) is 15.1 Å². The van der Waals surface area contributed by atoms with E-state index in [9.17, 15) is 0 Å². The molecule has 0 saturated carbocycles. The van der Waals surface area contributed by atoms with E-state index in [2.05, 4.69) is 46.5 Å². The summed E-state index contributed by atoms with van der Waals surface area (Å²) < 4.78 is 13.5. The first-order valence-corrected chi connectivity index (χ1v) is 10.5. The highest BCUT2D eigenvalue weighted by atomic mass is 16.5. The van der Waals surface area contributed by atoms with Crippen LogP contribution in [0.25, 0.3) is 0 Å². The van der Waals surface area contributed by atoms with E-state index in [1.807, 2.05) is 42.1 Å². The highest BCUT2D eigenvalue weighted by molar-refractivity contribution is 5.50. The highest BCUT2D eigenvalue weighted by Crippen LogP contribution is 2.24. The second-order valence-corrected chi connectivity index (χ2v) is 7.64. The van der Waals surface area contributed by atoms with Crippen LogP contribution in [-0.2, 0) is 31.5 Å². The minimum atomic E-state index is 0.579. The van der Waals surface area contributed by atoms with Gasteiger partial charge < -0.3 is 19.7 Å². The number of morpholine rings is 1. The van der Waals surface area contributed by atoms with Crippen molar-refractivity contribution < 1.29 is 9.47 Å². The quantitative estimate of drug-likeness (QED) is 0.621. The summed E-state index contributed by atoms with van der Waals surface area (Å²) in [6, 6.07) is 18.5. The number of ether oxygens (including phenoxy) is 2. The van der Waals surface area contributed by atoms with Crippen LogP contribution in [0, 0.1) is 6.92 Å². The van der Waals surface area contributed by atoms with E-state index in [1.54, 1.807) is 0 Å². The van der Waals surface area contributed by atoms with Crippen LogP contribution in [-0.4, -0.2) is 36.1 Å². The summed E-state index contributed by atoms with van der Waals surface area (Å²) in [6.07, 6.45) is 0. The van der Waals surface area contributed by atoms with Crippen LogP contribution in [0.3, 0.4) is 0 Å². The van der Waals surface area contributed by atoms with Crippen molar-refractivity contribution in [2.45, 2.75) is 26.6 Å². The molecule has 1 fully saturated rings. The van der Waals surface area contributed by atoms with Gasteiger partial charge in [0.1, 0.15) is 18.2 Å². The van der Waals surface area contributed by atoms with E-state index >= 15 is 0 Å². The lowest BCUT2D eigenvalue weighted by atomic mass is 10.2. The van der Waals surface area contributed by atoms with Gasteiger partial charge in [-0.1, -0.05) is 42.5 Å². The molecule has 1 aliphatic heterocycles. The lowest BCUT2D eigenvalue weighted by Gasteiger charge is -2.29. The number of benzene rings is 2. The Labute approximate surface area is 178 Å². The van der Waals surface area contributed by atoms with E-state index < -0.39 is 0 Å². The fraction of sp³-hybridized carbons (Fsp3) is 0.375. The normalized spacial score (nSPS) is 14.1. The van der Waals surface area contributed by atoms with Gasteiger partial charge in [-0.05, 0) is 30.2 Å². The topological polar surface area (TPSA) is 51.5 Å². The molecular formula is C24H30N4O2. The molecule has 1 aromatic heterocycles. The lowest BCUT2D eigenvalue weighted by Crippen LogP contribution is -2.38. The number of rotatable bonds is 8. The zero-order valence-electron chi connectivity index (χ0n) is 17.8. The molecule has 6 heteroatoms. The first-order valence-electron chi connectivity index (χ1n) is 10.5. The van der Waals surface area contributed by atoms with Crippen molar-refractivity contribution in [2.75, 3.05) is 31.2 Å². The first-order chi connectivity index (χ1) is 14.7. The lowest BCUT2D eigenvalue weighted by molar-refractivity contribution is 0.122. The second kappa shape index (κ2) is 9.78. The third kappa shape index (κ3) is 5.01. The van der Waals surface area contributed by atoms with Crippen LogP contribution in [0.15, 0.2) is 54.6 Å². The van der Waals surface area contributed by atoms with Crippen molar-refractivity contribution in [2.24, 2.45) is 7.05 Å². The van der Waals surface area contributed by atoms with E-state index in [4.69, 9.17) is 9.47 Å². The van der Waals surface area contributed by atoms with Crippen LogP contribution in [0.2, 0.25) is 0 Å². The molecule has 0 bridgehead atoms. The second-order valence-electron chi connectivity index (χ2n) is 7.64. The third-order valence-corrected chi connectivity index (χ3v) is 5.40. The molecule has 4 rings (SSSR count). The number of aryl methyl sites for hydroxylation is 2. The molecule has 0 spiro atoms. The molecule has 0 aliphatic carbocycles. The largest absolute Gasteiger partial charge is 0.489 e. The predicted molar refractivity (Wildman–Crippen MR) is 119 cm³/mol. The zero-order chi connectivity index (χ0) is 20.8. The van der Waals surface area contributed by atoms with Crippen LogP contribution < -0.4 is 15.0 Å². The number of hydrogen-bond donors (Lipinski definition) is 1. The van der Waals surface area contributed by atoms with Gasteiger partial charge in [0.25, 0.3) is 0 Å². The van der Waals surface area contributed by atoms with E-state index in [0.29, 0.717) is 6.61 Å². The Balaban J connectivity index is 1.35. The minimum Gasteiger partial charge on any atom is -0.489 e. The molecule has 6 nitrogen and oxygen atoms in total. The van der Waals surface area contributed by atoms with Crippen molar-refractivity contribution in [3.8, 4) is 5.75 Å². The Kier molecular flexibility index (Phi) is 6.67. The Hall–Kier alpha value is -2.83. The van der Waals surface area contributed by atoms with Crippen molar-refractivity contribution in [3.63, 3.8) is 0 Å². The SMILES string of the molecule is Cc1nn(C)c(N2CCOCC2)c1CNCc1cccc(OCc2ccccc2)c1. The van der Waals surface area contributed by atoms with Gasteiger partial charge in [-0.15, -0.1) is 0 Å². The average molecular weight is 407 g/mol. The van der Waals surface area contributed by atoms with Gasteiger partial charge in [0, 0.05) is 38.8 Å². The smallest absolute Gasteiger partial charge is 0.131 e. The molecule has 2 aromatic carbocycles. The summed E-state index contributed by atoms with van der Waals surface area (Å²) in [5, 5.41) is 8.24. The van der Waals surface area contributed by atoms with Gasteiger partial charge in [-0.3, -0.25) is 4.68 Å². The summed E-state index contributed by atoms with van der Waals surface area (Å²) in [4.78, 5) is 2.37. The first kappa shape index (κ1) is 20.4. The number of anilines is 1. The molecule has 30 heavy (non-hydrogen) atoms.